The number of hydrogen-bond donors (Lipinski definition) is 4. The van der Waals surface area contributed by atoms with E-state index in [4.69, 9.17) is 29.9 Å². The van der Waals surface area contributed by atoms with Gasteiger partial charge in [-0.1, -0.05) is 219 Å². The van der Waals surface area contributed by atoms with Crippen LogP contribution in [0, 0.1) is 0 Å². The second kappa shape index (κ2) is 56.1. The third-order valence-electron chi connectivity index (χ3n) is 9.83. The average molecular weight is 775 g/mol. The first kappa shape index (κ1) is 57.1. The molecule has 8 nitrogen and oxygen atoms in total. The Morgan fingerprint density at radius 3 is 0.667 bits per heavy atom. The molecule has 0 rings (SSSR count). The Hall–Kier alpha value is -1.22. The Morgan fingerprint density at radius 2 is 0.500 bits per heavy atom. The second-order valence-electron chi connectivity index (χ2n) is 15.3. The monoisotopic (exact) mass is 775 g/mol. The smallest absolute Gasteiger partial charge is 0.303 e. The molecule has 0 unspecified atom stereocenters. The topological polar surface area (TPSA) is 134 Å². The lowest BCUT2D eigenvalue weighted by molar-refractivity contribution is -0.138. The molecule has 0 saturated heterocycles. The van der Waals surface area contributed by atoms with E-state index in [0.29, 0.717) is 39.3 Å². The molecule has 0 aliphatic heterocycles. The second-order valence-corrected chi connectivity index (χ2v) is 15.3. The van der Waals surface area contributed by atoms with Crippen LogP contribution >= 0.6 is 0 Å². The lowest BCUT2D eigenvalue weighted by Gasteiger charge is -2.03. The van der Waals surface area contributed by atoms with Crippen LogP contribution in [0.2, 0.25) is 0 Å². The Kier molecular flexibility index (Phi) is 59.3. The lowest BCUT2D eigenvalue weighted by Crippen LogP contribution is -2.09. The fourth-order valence-corrected chi connectivity index (χ4v) is 6.45. The van der Waals surface area contributed by atoms with Gasteiger partial charge in [-0.25, -0.2) is 0 Å². The van der Waals surface area contributed by atoms with E-state index < -0.39 is 11.9 Å². The molecule has 0 atom stereocenters. The van der Waals surface area contributed by atoms with Crippen LogP contribution in [0.1, 0.15) is 245 Å². The van der Waals surface area contributed by atoms with Crippen molar-refractivity contribution in [2.45, 2.75) is 245 Å². The zero-order valence-electron chi connectivity index (χ0n) is 36.1. The minimum atomic E-state index is -0.652. The quantitative estimate of drug-likeness (QED) is 0.0450. The van der Waals surface area contributed by atoms with Gasteiger partial charge in [-0.3, -0.25) is 9.59 Å². The minimum absolute atomic E-state index is 0.0417. The van der Waals surface area contributed by atoms with Crippen LogP contribution < -0.4 is 0 Å². The minimum Gasteiger partial charge on any atom is -0.481 e. The number of rotatable bonds is 43. The Bertz CT molecular complexity index is 619. The summed E-state index contributed by atoms with van der Waals surface area (Å²) in [5.74, 6) is -1.30. The number of aliphatic carboxylic acids is 2. The molecule has 0 fully saturated rings. The number of carboxylic acids is 2. The first-order valence-corrected chi connectivity index (χ1v) is 23.3. The van der Waals surface area contributed by atoms with E-state index in [0.717, 1.165) is 25.7 Å². The summed E-state index contributed by atoms with van der Waals surface area (Å²) < 4.78 is 9.75. The van der Waals surface area contributed by atoms with Gasteiger partial charge in [0.15, 0.2) is 0 Å². The van der Waals surface area contributed by atoms with Crippen molar-refractivity contribution in [1.29, 1.82) is 0 Å². The molecule has 0 aliphatic carbocycles. The van der Waals surface area contributed by atoms with Gasteiger partial charge < -0.3 is 29.9 Å². The van der Waals surface area contributed by atoms with Crippen LogP contribution in [0.4, 0.5) is 0 Å². The fourth-order valence-electron chi connectivity index (χ4n) is 6.45. The predicted octanol–water partition coefficient (Wildman–Crippen LogP) is 13.2. The molecule has 0 bridgehead atoms. The van der Waals surface area contributed by atoms with E-state index in [1.165, 1.54) is 193 Å². The summed E-state index contributed by atoms with van der Waals surface area (Å²) in [6.45, 7) is 6.28. The van der Waals surface area contributed by atoms with Crippen molar-refractivity contribution in [3.63, 3.8) is 0 Å². The van der Waals surface area contributed by atoms with Gasteiger partial charge in [0.1, 0.15) is 0 Å². The van der Waals surface area contributed by atoms with Gasteiger partial charge in [0.2, 0.25) is 0 Å². The van der Waals surface area contributed by atoms with E-state index >= 15 is 0 Å². The van der Waals surface area contributed by atoms with Crippen LogP contribution in [0.5, 0.6) is 0 Å². The summed E-state index contributed by atoms with van der Waals surface area (Å²) in [6, 6.07) is 0. The molecule has 4 N–H and O–H groups in total. The first-order chi connectivity index (χ1) is 26.5. The summed E-state index contributed by atoms with van der Waals surface area (Å²) in [7, 11) is 0. The molecule has 0 aromatic rings. The van der Waals surface area contributed by atoms with Crippen molar-refractivity contribution in [2.75, 3.05) is 39.6 Å². The van der Waals surface area contributed by atoms with E-state index in [-0.39, 0.29) is 13.2 Å². The molecule has 0 spiro atoms. The number of carbonyl (C=O) groups is 2. The molecule has 0 heterocycles. The van der Waals surface area contributed by atoms with Gasteiger partial charge >= 0.3 is 11.9 Å². The van der Waals surface area contributed by atoms with Crippen molar-refractivity contribution in [3.8, 4) is 0 Å². The van der Waals surface area contributed by atoms with Gasteiger partial charge in [-0.2, -0.15) is 0 Å². The number of ether oxygens (including phenoxy) is 2. The highest BCUT2D eigenvalue weighted by Gasteiger charge is 1.99. The van der Waals surface area contributed by atoms with Crippen molar-refractivity contribution >= 4 is 11.9 Å². The largest absolute Gasteiger partial charge is 0.481 e. The van der Waals surface area contributed by atoms with Crippen molar-refractivity contribution in [2.24, 2.45) is 0 Å². The summed E-state index contributed by atoms with van der Waals surface area (Å²) >= 11 is 0. The van der Waals surface area contributed by atoms with Crippen molar-refractivity contribution in [3.05, 3.63) is 0 Å². The number of hydrogen-bond acceptors (Lipinski definition) is 6. The SMILES string of the molecule is CCCCCCCCCCCCCCCCCCCC(=O)O.CCCCCCCCCCCCCCCCCCCC(=O)O.OCCOCCOCCO. The third kappa shape index (κ3) is 65.7. The highest BCUT2D eigenvalue weighted by atomic mass is 16.5. The molecule has 0 saturated carbocycles. The summed E-state index contributed by atoms with van der Waals surface area (Å²) in [6.07, 6.45) is 46.3. The normalized spacial score (nSPS) is 10.8. The van der Waals surface area contributed by atoms with Crippen LogP contribution in [0.15, 0.2) is 0 Å². The van der Waals surface area contributed by atoms with E-state index in [1.54, 1.807) is 0 Å². The zero-order chi connectivity index (χ0) is 40.3. The number of carboxylic acid groups (broad SMARTS) is 2. The molecule has 8 heteroatoms. The van der Waals surface area contributed by atoms with E-state index in [2.05, 4.69) is 13.8 Å². The van der Waals surface area contributed by atoms with Gasteiger partial charge in [-0.05, 0) is 12.8 Å². The standard InChI is InChI=1S/2C20H40O2.C6H14O4/c2*1-2-3-4-5-6-7-8-9-10-11-12-13-14-15-16-17-18-19-20(21)22;7-1-3-9-5-6-10-4-2-8/h2*2-19H2,1H3,(H,21,22);7-8H,1-6H2. The summed E-state index contributed by atoms with van der Waals surface area (Å²) in [5.41, 5.74) is 0. The van der Waals surface area contributed by atoms with Gasteiger partial charge in [0, 0.05) is 12.8 Å². The first-order valence-electron chi connectivity index (χ1n) is 23.3. The Balaban J connectivity index is -0.000000774. The van der Waals surface area contributed by atoms with E-state index in [9.17, 15) is 9.59 Å². The highest BCUT2D eigenvalue weighted by molar-refractivity contribution is 5.66. The molecule has 54 heavy (non-hydrogen) atoms. The molecule has 0 amide bonds. The summed E-state index contributed by atoms with van der Waals surface area (Å²) in [4.78, 5) is 20.7. The predicted molar refractivity (Wildman–Crippen MR) is 229 cm³/mol. The number of unbranched alkanes of at least 4 members (excludes halogenated alkanes) is 32. The molecule has 0 aliphatic rings. The molecule has 0 aromatic carbocycles. The number of aliphatic hydroxyl groups is 2. The third-order valence-corrected chi connectivity index (χ3v) is 9.83. The van der Waals surface area contributed by atoms with Crippen LogP contribution in [0.3, 0.4) is 0 Å². The van der Waals surface area contributed by atoms with Crippen LogP contribution in [-0.4, -0.2) is 72.0 Å². The molecule has 0 radical (unpaired) electrons. The van der Waals surface area contributed by atoms with Gasteiger partial charge in [-0.15, -0.1) is 0 Å². The molecular weight excluding hydrogens is 680 g/mol. The maximum absolute atomic E-state index is 10.4. The average Bonchev–Trinajstić information content (AvgIpc) is 3.16. The lowest BCUT2D eigenvalue weighted by atomic mass is 10.0. The fraction of sp³-hybridized carbons (Fsp3) is 0.957. The molecule has 326 valence electrons. The summed E-state index contributed by atoms with van der Waals surface area (Å²) in [5, 5.41) is 33.6. The van der Waals surface area contributed by atoms with Crippen LogP contribution in [0.25, 0.3) is 0 Å². The highest BCUT2D eigenvalue weighted by Crippen LogP contribution is 2.16. The molecule has 0 aromatic heterocycles. The maximum Gasteiger partial charge on any atom is 0.303 e. The maximum atomic E-state index is 10.4. The van der Waals surface area contributed by atoms with Crippen molar-refractivity contribution in [1.82, 2.24) is 0 Å². The molecular formula is C46H94O8. The van der Waals surface area contributed by atoms with E-state index in [1.807, 2.05) is 0 Å². The van der Waals surface area contributed by atoms with Crippen molar-refractivity contribution < 1.29 is 39.5 Å². The van der Waals surface area contributed by atoms with Crippen LogP contribution in [-0.2, 0) is 19.1 Å². The Labute approximate surface area is 335 Å². The zero-order valence-corrected chi connectivity index (χ0v) is 36.1. The van der Waals surface area contributed by atoms with Gasteiger partial charge in [0.25, 0.3) is 0 Å². The van der Waals surface area contributed by atoms with Gasteiger partial charge in [0.05, 0.1) is 39.6 Å². The number of aliphatic hydroxyl groups excluding tert-OH is 2. The Morgan fingerprint density at radius 1 is 0.315 bits per heavy atom.